The largest absolute Gasteiger partial charge is 0.344 e. The van der Waals surface area contributed by atoms with Gasteiger partial charge in [0.05, 0.1) is 27.4 Å². The summed E-state index contributed by atoms with van der Waals surface area (Å²) in [4.78, 5) is 13.2. The second kappa shape index (κ2) is 7.14. The summed E-state index contributed by atoms with van der Waals surface area (Å²) in [7, 11) is 0. The minimum atomic E-state index is -0.00985. The number of nitrogens with zero attached hydrogens (tertiary/aromatic N) is 2. The van der Waals surface area contributed by atoms with E-state index in [9.17, 15) is 4.79 Å². The monoisotopic (exact) mass is 415 g/mol. The van der Waals surface area contributed by atoms with Crippen LogP contribution in [0.4, 0.5) is 0 Å². The molecule has 25 heavy (non-hydrogen) atoms. The molecule has 4 rings (SSSR count). The molecule has 0 spiro atoms. The van der Waals surface area contributed by atoms with E-state index in [1.54, 1.807) is 0 Å². The fraction of sp³-hybridized carbons (Fsp3) is 0.263. The van der Waals surface area contributed by atoms with Crippen molar-refractivity contribution >= 4 is 33.2 Å². The Bertz CT molecular complexity index is 887. The number of hydrogen-bond donors (Lipinski definition) is 1. The fourth-order valence-electron chi connectivity index (χ4n) is 3.33. The molecule has 0 aliphatic heterocycles. The van der Waals surface area contributed by atoms with Crippen LogP contribution in [-0.4, -0.2) is 15.7 Å². The van der Waals surface area contributed by atoms with Gasteiger partial charge in [-0.2, -0.15) is 5.10 Å². The van der Waals surface area contributed by atoms with Gasteiger partial charge in [-0.15, -0.1) is 11.3 Å². The Labute approximate surface area is 159 Å². The van der Waals surface area contributed by atoms with Crippen LogP contribution in [0.25, 0.3) is 0 Å². The van der Waals surface area contributed by atoms with Crippen molar-refractivity contribution in [3.05, 3.63) is 74.1 Å². The van der Waals surface area contributed by atoms with Gasteiger partial charge in [0.2, 0.25) is 0 Å². The van der Waals surface area contributed by atoms with Crippen LogP contribution >= 0.6 is 27.3 Å². The average molecular weight is 416 g/mol. The smallest absolute Gasteiger partial charge is 0.261 e. The molecule has 1 amide bonds. The first kappa shape index (κ1) is 16.5. The first-order valence-electron chi connectivity index (χ1n) is 8.35. The molecule has 6 heteroatoms. The van der Waals surface area contributed by atoms with Crippen molar-refractivity contribution in [1.82, 2.24) is 15.1 Å². The predicted octanol–water partition coefficient (Wildman–Crippen LogP) is 4.56. The fourth-order valence-corrected chi connectivity index (χ4v) is 4.62. The maximum atomic E-state index is 12.5. The summed E-state index contributed by atoms with van der Waals surface area (Å²) in [5, 5.41) is 7.77. The van der Waals surface area contributed by atoms with E-state index >= 15 is 0 Å². The number of carbonyl (C=O) groups is 1. The third-order valence-electron chi connectivity index (χ3n) is 4.54. The molecule has 2 aromatic heterocycles. The van der Waals surface area contributed by atoms with Crippen LogP contribution in [-0.2, 0) is 13.0 Å². The molecule has 1 atom stereocenters. The highest BCUT2D eigenvalue weighted by atomic mass is 79.9. The van der Waals surface area contributed by atoms with Crippen molar-refractivity contribution in [2.24, 2.45) is 0 Å². The van der Waals surface area contributed by atoms with Crippen LogP contribution in [0.2, 0.25) is 0 Å². The molecule has 2 heterocycles. The Balaban J connectivity index is 1.53. The number of amides is 1. The van der Waals surface area contributed by atoms with Gasteiger partial charge >= 0.3 is 0 Å². The lowest BCUT2D eigenvalue weighted by molar-refractivity contribution is 0.0937. The summed E-state index contributed by atoms with van der Waals surface area (Å²) in [6.45, 7) is 0.773. The van der Waals surface area contributed by atoms with E-state index in [-0.39, 0.29) is 11.9 Å². The molecule has 0 saturated carbocycles. The number of thiophene rings is 1. The molecule has 0 radical (unpaired) electrons. The zero-order valence-corrected chi connectivity index (χ0v) is 16.0. The first-order chi connectivity index (χ1) is 12.2. The molecule has 3 aromatic rings. The second-order valence-electron chi connectivity index (χ2n) is 6.21. The number of aromatic nitrogens is 2. The molecule has 1 aliphatic rings. The molecule has 0 saturated heterocycles. The van der Waals surface area contributed by atoms with E-state index in [1.165, 1.54) is 22.6 Å². The van der Waals surface area contributed by atoms with Gasteiger partial charge in [-0.3, -0.25) is 9.48 Å². The second-order valence-corrected chi connectivity index (χ2v) is 8.67. The molecule has 1 aliphatic carbocycles. The number of carbonyl (C=O) groups excluding carboxylic acids is 1. The van der Waals surface area contributed by atoms with Gasteiger partial charge in [0.15, 0.2) is 0 Å². The molecule has 1 aromatic carbocycles. The van der Waals surface area contributed by atoms with E-state index in [1.807, 2.05) is 36.5 Å². The summed E-state index contributed by atoms with van der Waals surface area (Å²) in [6, 6.07) is 14.2. The summed E-state index contributed by atoms with van der Waals surface area (Å²) >= 11 is 4.87. The normalized spacial score (nSPS) is 16.4. The molecule has 1 N–H and O–H groups in total. The highest BCUT2D eigenvalue weighted by molar-refractivity contribution is 9.11. The molecule has 0 bridgehead atoms. The zero-order valence-electron chi connectivity index (χ0n) is 13.6. The van der Waals surface area contributed by atoms with E-state index in [2.05, 4.69) is 43.2 Å². The van der Waals surface area contributed by atoms with Crippen LogP contribution < -0.4 is 5.32 Å². The first-order valence-corrected chi connectivity index (χ1v) is 9.96. The minimum absolute atomic E-state index is 0.00985. The van der Waals surface area contributed by atoms with Gasteiger partial charge < -0.3 is 5.32 Å². The summed E-state index contributed by atoms with van der Waals surface area (Å²) in [6.07, 6.45) is 4.96. The Morgan fingerprint density at radius 2 is 2.12 bits per heavy atom. The Hall–Kier alpha value is -1.92. The van der Waals surface area contributed by atoms with Gasteiger partial charge in [-0.25, -0.2) is 0 Å². The topological polar surface area (TPSA) is 46.9 Å². The van der Waals surface area contributed by atoms with E-state index < -0.39 is 0 Å². The SMILES string of the molecule is O=C(N[C@H]1CCCc2c1cnn2Cc1ccccc1)c1ccc(Br)s1. The lowest BCUT2D eigenvalue weighted by Gasteiger charge is -2.24. The number of nitrogens with one attached hydrogen (secondary N) is 1. The van der Waals surface area contributed by atoms with Crippen LogP contribution in [0.5, 0.6) is 0 Å². The summed E-state index contributed by atoms with van der Waals surface area (Å²) in [5.74, 6) is -0.00985. The van der Waals surface area contributed by atoms with E-state index in [0.717, 1.165) is 40.0 Å². The number of rotatable bonds is 4. The maximum Gasteiger partial charge on any atom is 0.261 e. The Morgan fingerprint density at radius 1 is 1.28 bits per heavy atom. The van der Waals surface area contributed by atoms with E-state index in [0.29, 0.717) is 0 Å². The Morgan fingerprint density at radius 3 is 2.88 bits per heavy atom. The predicted molar refractivity (Wildman–Crippen MR) is 103 cm³/mol. The Kier molecular flexibility index (Phi) is 4.72. The van der Waals surface area contributed by atoms with E-state index in [4.69, 9.17) is 0 Å². The molecular weight excluding hydrogens is 398 g/mol. The molecule has 128 valence electrons. The van der Waals surface area contributed by atoms with Crippen LogP contribution in [0, 0.1) is 0 Å². The van der Waals surface area contributed by atoms with Gasteiger partial charge in [0, 0.05) is 11.3 Å². The van der Waals surface area contributed by atoms with Gasteiger partial charge in [0.1, 0.15) is 0 Å². The quantitative estimate of drug-likeness (QED) is 0.678. The third kappa shape index (κ3) is 3.55. The van der Waals surface area contributed by atoms with Crippen molar-refractivity contribution in [2.75, 3.05) is 0 Å². The van der Waals surface area contributed by atoms with Gasteiger partial charge in [-0.1, -0.05) is 30.3 Å². The minimum Gasteiger partial charge on any atom is -0.344 e. The highest BCUT2D eigenvalue weighted by Crippen LogP contribution is 2.31. The maximum absolute atomic E-state index is 12.5. The number of hydrogen-bond acceptors (Lipinski definition) is 3. The van der Waals surface area contributed by atoms with Gasteiger partial charge in [-0.05, 0) is 52.9 Å². The number of fused-ring (bicyclic) bond motifs is 1. The number of halogens is 1. The molecule has 0 unspecified atom stereocenters. The highest BCUT2D eigenvalue weighted by Gasteiger charge is 2.26. The van der Waals surface area contributed by atoms with Gasteiger partial charge in [0.25, 0.3) is 5.91 Å². The lowest BCUT2D eigenvalue weighted by atomic mass is 9.93. The zero-order chi connectivity index (χ0) is 17.2. The molecular formula is C19H18BrN3OS. The molecule has 4 nitrogen and oxygen atoms in total. The third-order valence-corrected chi connectivity index (χ3v) is 6.16. The summed E-state index contributed by atoms with van der Waals surface area (Å²) < 4.78 is 3.04. The van der Waals surface area contributed by atoms with Crippen molar-refractivity contribution in [1.29, 1.82) is 0 Å². The van der Waals surface area contributed by atoms with Crippen LogP contribution in [0.1, 0.15) is 45.4 Å². The van der Waals surface area contributed by atoms with Crippen molar-refractivity contribution in [3.63, 3.8) is 0 Å². The van der Waals surface area contributed by atoms with Crippen molar-refractivity contribution in [3.8, 4) is 0 Å². The average Bonchev–Trinajstić information content (AvgIpc) is 3.23. The standard InChI is InChI=1S/C19H18BrN3OS/c20-18-10-9-17(25-18)19(24)22-15-7-4-8-16-14(15)11-21-23(16)12-13-5-2-1-3-6-13/h1-3,5-6,9-11,15H,4,7-8,12H2,(H,22,24)/t15-/m0/s1. The van der Waals surface area contributed by atoms with Crippen LogP contribution in [0.3, 0.4) is 0 Å². The van der Waals surface area contributed by atoms with Crippen LogP contribution in [0.15, 0.2) is 52.4 Å². The van der Waals surface area contributed by atoms with Crippen molar-refractivity contribution < 1.29 is 4.79 Å². The lowest BCUT2D eigenvalue weighted by Crippen LogP contribution is -2.30. The van der Waals surface area contributed by atoms with Crippen molar-refractivity contribution in [2.45, 2.75) is 31.8 Å². The summed E-state index contributed by atoms with van der Waals surface area (Å²) in [5.41, 5.74) is 3.64. The molecule has 0 fully saturated rings. The number of benzene rings is 1.